The highest BCUT2D eigenvalue weighted by atomic mass is 16.6. The molecule has 0 aromatic carbocycles. The second kappa shape index (κ2) is 12.1. The highest BCUT2D eigenvalue weighted by molar-refractivity contribution is 6.05. The van der Waals surface area contributed by atoms with Gasteiger partial charge in [0.05, 0.1) is 32.0 Å². The zero-order valence-corrected chi connectivity index (χ0v) is 20.0. The molecule has 0 unspecified atom stereocenters. The number of hydrogen-bond acceptors (Lipinski definition) is 10. The maximum Gasteiger partial charge on any atom is 0.409 e. The van der Waals surface area contributed by atoms with Crippen molar-refractivity contribution in [3.8, 4) is 0 Å². The minimum absolute atomic E-state index is 0.106. The van der Waals surface area contributed by atoms with E-state index in [1.165, 1.54) is 0 Å². The van der Waals surface area contributed by atoms with E-state index >= 15 is 0 Å². The minimum atomic E-state index is -1.42. The van der Waals surface area contributed by atoms with E-state index in [0.29, 0.717) is 37.3 Å². The van der Waals surface area contributed by atoms with Gasteiger partial charge in [0.2, 0.25) is 0 Å². The number of nitrogens with zero attached hydrogens (tertiary/aromatic N) is 1. The Morgan fingerprint density at radius 1 is 0.941 bits per heavy atom. The quantitative estimate of drug-likeness (QED) is 0.386. The van der Waals surface area contributed by atoms with Crippen LogP contribution in [0.15, 0.2) is 22.5 Å². The third kappa shape index (κ3) is 6.27. The Morgan fingerprint density at radius 3 is 1.94 bits per heavy atom. The van der Waals surface area contributed by atoms with Gasteiger partial charge in [0, 0.05) is 30.5 Å². The van der Waals surface area contributed by atoms with Crippen LogP contribution in [0.3, 0.4) is 0 Å². The Bertz CT molecular complexity index is 863. The van der Waals surface area contributed by atoms with E-state index in [1.54, 1.807) is 25.7 Å². The Kier molecular flexibility index (Phi) is 9.46. The monoisotopic (exact) mass is 481 g/mol. The van der Waals surface area contributed by atoms with Crippen molar-refractivity contribution in [2.24, 2.45) is 5.92 Å². The summed E-state index contributed by atoms with van der Waals surface area (Å²) in [5.74, 6) is -4.56. The van der Waals surface area contributed by atoms with Crippen molar-refractivity contribution in [2.75, 3.05) is 40.5 Å². The first-order valence-electron chi connectivity index (χ1n) is 10.9. The van der Waals surface area contributed by atoms with Crippen LogP contribution in [0.25, 0.3) is 0 Å². The Balaban J connectivity index is 2.02. The lowest BCUT2D eigenvalue weighted by Crippen LogP contribution is -2.47. The smallest absolute Gasteiger partial charge is 0.409 e. The van der Waals surface area contributed by atoms with Gasteiger partial charge in [-0.3, -0.25) is 9.59 Å². The molecule has 2 aliphatic heterocycles. The zero-order valence-electron chi connectivity index (χ0n) is 20.0. The lowest BCUT2D eigenvalue weighted by atomic mass is 9.85. The van der Waals surface area contributed by atoms with Crippen LogP contribution in [0, 0.1) is 5.92 Å². The van der Waals surface area contributed by atoms with Crippen LogP contribution in [0.1, 0.15) is 33.6 Å². The first kappa shape index (κ1) is 26.7. The molecule has 12 nitrogen and oxygen atoms in total. The van der Waals surface area contributed by atoms with E-state index in [2.05, 4.69) is 10.6 Å². The predicted molar refractivity (Wildman–Crippen MR) is 117 cm³/mol. The molecular formula is C22H31N3O9. The van der Waals surface area contributed by atoms with E-state index in [0.717, 1.165) is 14.2 Å². The molecule has 0 radical (unpaired) electrons. The molecule has 0 saturated carbocycles. The summed E-state index contributed by atoms with van der Waals surface area (Å²) >= 11 is 0. The Hall–Kier alpha value is -3.57. The molecule has 34 heavy (non-hydrogen) atoms. The highest BCUT2D eigenvalue weighted by Crippen LogP contribution is 2.32. The van der Waals surface area contributed by atoms with Crippen molar-refractivity contribution < 1.29 is 42.9 Å². The number of dihydropyridines is 1. The summed E-state index contributed by atoms with van der Waals surface area (Å²) in [5, 5.41) is 5.63. The highest BCUT2D eigenvalue weighted by Gasteiger charge is 2.42. The average Bonchev–Trinajstić information content (AvgIpc) is 2.81. The fraction of sp³-hybridized carbons (Fsp3) is 0.591. The van der Waals surface area contributed by atoms with Gasteiger partial charge in [-0.1, -0.05) is 0 Å². The average molecular weight is 482 g/mol. The molecule has 12 heteroatoms. The fourth-order valence-corrected chi connectivity index (χ4v) is 3.90. The maximum absolute atomic E-state index is 13.0. The summed E-state index contributed by atoms with van der Waals surface area (Å²) in [5.41, 5.74) is 0.420. The molecule has 2 aliphatic rings. The first-order valence-corrected chi connectivity index (χ1v) is 10.9. The summed E-state index contributed by atoms with van der Waals surface area (Å²) in [7, 11) is 2.30. The number of nitrogens with one attached hydrogen (secondary N) is 2. The molecule has 2 N–H and O–H groups in total. The SMILES string of the molecule is CCOC(=O)N1CCC(NC(=O)COC(=O)C2C(C(=O)OC)=C(C)NC(C)=C2C(=O)OC)CC1. The van der Waals surface area contributed by atoms with E-state index in [4.69, 9.17) is 18.9 Å². The van der Waals surface area contributed by atoms with Crippen LogP contribution in [0.4, 0.5) is 4.79 Å². The van der Waals surface area contributed by atoms with Gasteiger partial charge in [-0.15, -0.1) is 0 Å². The van der Waals surface area contributed by atoms with E-state index < -0.39 is 42.4 Å². The zero-order chi connectivity index (χ0) is 25.4. The van der Waals surface area contributed by atoms with Gasteiger partial charge in [0.1, 0.15) is 5.92 Å². The molecule has 0 bridgehead atoms. The molecule has 1 saturated heterocycles. The number of allylic oxidation sites excluding steroid dienone is 2. The first-order chi connectivity index (χ1) is 16.1. The van der Waals surface area contributed by atoms with Crippen LogP contribution in [-0.4, -0.2) is 81.4 Å². The minimum Gasteiger partial charge on any atom is -0.466 e. The van der Waals surface area contributed by atoms with Crippen LogP contribution in [-0.2, 0) is 38.1 Å². The number of rotatable bonds is 7. The molecule has 0 spiro atoms. The van der Waals surface area contributed by atoms with E-state index in [1.807, 2.05) is 0 Å². The van der Waals surface area contributed by atoms with E-state index in [9.17, 15) is 24.0 Å². The number of esters is 3. The summed E-state index contributed by atoms with van der Waals surface area (Å²) in [6, 6.07) is -0.198. The number of carbonyl (C=O) groups excluding carboxylic acids is 5. The molecule has 188 valence electrons. The number of hydrogen-bond donors (Lipinski definition) is 2. The maximum atomic E-state index is 13.0. The predicted octanol–water partition coefficient (Wildman–Crippen LogP) is 0.380. The van der Waals surface area contributed by atoms with Crippen LogP contribution in [0.5, 0.6) is 0 Å². The third-order valence-corrected chi connectivity index (χ3v) is 5.54. The molecular weight excluding hydrogens is 450 g/mol. The number of methoxy groups -OCH3 is 2. The third-order valence-electron chi connectivity index (χ3n) is 5.54. The van der Waals surface area contributed by atoms with Crippen molar-refractivity contribution in [1.82, 2.24) is 15.5 Å². The van der Waals surface area contributed by atoms with Gasteiger partial charge >= 0.3 is 24.0 Å². The number of piperidine rings is 1. The topological polar surface area (TPSA) is 150 Å². The molecule has 0 aliphatic carbocycles. The lowest BCUT2D eigenvalue weighted by Gasteiger charge is -2.31. The molecule has 2 rings (SSSR count). The second-order valence-electron chi connectivity index (χ2n) is 7.75. The van der Waals surface area contributed by atoms with Crippen LogP contribution >= 0.6 is 0 Å². The van der Waals surface area contributed by atoms with Gasteiger partial charge < -0.3 is 34.5 Å². The summed E-state index contributed by atoms with van der Waals surface area (Å²) in [6.45, 7) is 5.37. The van der Waals surface area contributed by atoms with Crippen LogP contribution < -0.4 is 10.6 Å². The van der Waals surface area contributed by atoms with Crippen LogP contribution in [0.2, 0.25) is 0 Å². The Morgan fingerprint density at radius 2 is 1.47 bits per heavy atom. The standard InChI is InChI=1S/C22H31N3O9/c1-6-33-22(30)25-9-7-14(8-10-25)24-15(26)11-34-21(29)18-16(19(27)31-4)12(2)23-13(3)17(18)20(28)32-5/h14,18,23H,6-11H2,1-5H3,(H,24,26). The van der Waals surface area contributed by atoms with Crippen molar-refractivity contribution in [3.05, 3.63) is 22.5 Å². The fourth-order valence-electron chi connectivity index (χ4n) is 3.90. The summed E-state index contributed by atoms with van der Waals surface area (Å²) in [6.07, 6.45) is 0.656. The second-order valence-corrected chi connectivity index (χ2v) is 7.75. The van der Waals surface area contributed by atoms with Gasteiger partial charge in [-0.25, -0.2) is 14.4 Å². The number of amides is 2. The molecule has 2 heterocycles. The largest absolute Gasteiger partial charge is 0.466 e. The van der Waals surface area contributed by atoms with E-state index in [-0.39, 0.29) is 23.8 Å². The molecule has 2 amide bonds. The van der Waals surface area contributed by atoms with Crippen molar-refractivity contribution in [3.63, 3.8) is 0 Å². The Labute approximate surface area is 197 Å². The number of carbonyl (C=O) groups is 5. The molecule has 1 fully saturated rings. The van der Waals surface area contributed by atoms with Crippen molar-refractivity contribution in [1.29, 1.82) is 0 Å². The lowest BCUT2D eigenvalue weighted by molar-refractivity contribution is -0.153. The van der Waals surface area contributed by atoms with Crippen molar-refractivity contribution >= 4 is 29.9 Å². The molecule has 0 aromatic rings. The van der Waals surface area contributed by atoms with Gasteiger partial charge in [0.25, 0.3) is 5.91 Å². The molecule has 0 atom stereocenters. The van der Waals surface area contributed by atoms with Gasteiger partial charge in [-0.2, -0.15) is 0 Å². The number of ether oxygens (including phenoxy) is 4. The summed E-state index contributed by atoms with van der Waals surface area (Å²) < 4.78 is 19.7. The summed E-state index contributed by atoms with van der Waals surface area (Å²) in [4.78, 5) is 63.4. The van der Waals surface area contributed by atoms with Crippen molar-refractivity contribution in [2.45, 2.75) is 39.7 Å². The van der Waals surface area contributed by atoms with Gasteiger partial charge in [0.15, 0.2) is 6.61 Å². The molecule has 0 aromatic heterocycles. The normalized spacial score (nSPS) is 17.0. The van der Waals surface area contributed by atoms with Gasteiger partial charge in [-0.05, 0) is 33.6 Å². The number of likely N-dealkylation sites (tertiary alicyclic amines) is 1.